The highest BCUT2D eigenvalue weighted by Crippen LogP contribution is 2.25. The van der Waals surface area contributed by atoms with E-state index in [1.165, 1.54) is 13.1 Å². The summed E-state index contributed by atoms with van der Waals surface area (Å²) in [5.74, 6) is -0.498. The lowest BCUT2D eigenvalue weighted by molar-refractivity contribution is -0.140. The van der Waals surface area contributed by atoms with Gasteiger partial charge in [0.1, 0.15) is 0 Å². The third kappa shape index (κ3) is 2.55. The average Bonchev–Trinajstić information content (AvgIpc) is 2.47. The summed E-state index contributed by atoms with van der Waals surface area (Å²) < 4.78 is 1.83. The molecule has 5 heteroatoms. The molecule has 1 aromatic heterocycles. The Labute approximate surface area is 124 Å². The summed E-state index contributed by atoms with van der Waals surface area (Å²) in [5, 5.41) is 4.88. The second kappa shape index (κ2) is 5.46. The summed E-state index contributed by atoms with van der Waals surface area (Å²) in [5.41, 5.74) is 0.602. The molecule has 0 saturated heterocycles. The summed E-state index contributed by atoms with van der Waals surface area (Å²) in [4.78, 5) is 27.9. The SMILES string of the molecule is CC(=O)ON=Cc1cccc2sc3ccccc3c(=O)c12. The topological polar surface area (TPSA) is 55.7 Å². The number of benzene rings is 2. The van der Waals surface area contributed by atoms with Crippen LogP contribution in [0.5, 0.6) is 0 Å². The van der Waals surface area contributed by atoms with Gasteiger partial charge in [0.15, 0.2) is 5.43 Å². The van der Waals surface area contributed by atoms with Crippen LogP contribution in [0.3, 0.4) is 0 Å². The average molecular weight is 297 g/mol. The number of nitrogens with zero attached hydrogens (tertiary/aromatic N) is 1. The van der Waals surface area contributed by atoms with E-state index < -0.39 is 5.97 Å². The lowest BCUT2D eigenvalue weighted by Gasteiger charge is -2.03. The number of hydrogen-bond acceptors (Lipinski definition) is 5. The van der Waals surface area contributed by atoms with Gasteiger partial charge in [-0.05, 0) is 18.2 Å². The molecule has 104 valence electrons. The van der Waals surface area contributed by atoms with E-state index in [0.29, 0.717) is 16.3 Å². The number of carbonyl (C=O) groups excluding carboxylic acids is 1. The summed E-state index contributed by atoms with van der Waals surface area (Å²) in [6.07, 6.45) is 1.40. The van der Waals surface area contributed by atoms with E-state index in [1.54, 1.807) is 17.4 Å². The van der Waals surface area contributed by atoms with Crippen LogP contribution in [0, 0.1) is 0 Å². The van der Waals surface area contributed by atoms with E-state index in [-0.39, 0.29) is 5.43 Å². The summed E-state index contributed by atoms with van der Waals surface area (Å²) in [7, 11) is 0. The van der Waals surface area contributed by atoms with Gasteiger partial charge in [0, 0.05) is 32.7 Å². The quantitative estimate of drug-likeness (QED) is 0.315. The zero-order valence-corrected chi connectivity index (χ0v) is 12.0. The predicted octanol–water partition coefficient (Wildman–Crippen LogP) is 3.31. The maximum atomic E-state index is 12.6. The van der Waals surface area contributed by atoms with Gasteiger partial charge in [-0.2, -0.15) is 0 Å². The molecule has 0 aliphatic rings. The molecule has 0 atom stereocenters. The van der Waals surface area contributed by atoms with Gasteiger partial charge in [0.25, 0.3) is 0 Å². The molecule has 21 heavy (non-hydrogen) atoms. The van der Waals surface area contributed by atoms with E-state index in [1.807, 2.05) is 36.4 Å². The molecular weight excluding hydrogens is 286 g/mol. The standard InChI is InChI=1S/C16H11NO3S/c1-10(18)20-17-9-11-5-4-8-14-15(11)16(19)12-6-2-3-7-13(12)21-14/h2-9H,1H3. The van der Waals surface area contributed by atoms with Crippen LogP contribution in [-0.4, -0.2) is 12.2 Å². The molecule has 0 radical (unpaired) electrons. The van der Waals surface area contributed by atoms with Gasteiger partial charge in [-0.1, -0.05) is 29.4 Å². The molecule has 0 fully saturated rings. The van der Waals surface area contributed by atoms with Gasteiger partial charge >= 0.3 is 5.97 Å². The maximum Gasteiger partial charge on any atom is 0.331 e. The second-order valence-corrected chi connectivity index (χ2v) is 5.55. The van der Waals surface area contributed by atoms with Crippen LogP contribution in [0.15, 0.2) is 52.4 Å². The third-order valence-electron chi connectivity index (χ3n) is 3.01. The molecule has 0 N–H and O–H groups in total. The van der Waals surface area contributed by atoms with Crippen LogP contribution in [0.25, 0.3) is 20.2 Å². The fourth-order valence-electron chi connectivity index (χ4n) is 2.14. The molecule has 0 spiro atoms. The minimum atomic E-state index is -0.498. The van der Waals surface area contributed by atoms with E-state index in [4.69, 9.17) is 0 Å². The number of hydrogen-bond donors (Lipinski definition) is 0. The zero-order valence-electron chi connectivity index (χ0n) is 11.2. The lowest BCUT2D eigenvalue weighted by Crippen LogP contribution is -2.04. The van der Waals surface area contributed by atoms with Crippen molar-refractivity contribution in [3.63, 3.8) is 0 Å². The lowest BCUT2D eigenvalue weighted by atomic mass is 10.1. The first-order chi connectivity index (χ1) is 10.2. The van der Waals surface area contributed by atoms with Gasteiger partial charge in [0.05, 0.1) is 6.21 Å². The van der Waals surface area contributed by atoms with Crippen LogP contribution in [0.1, 0.15) is 12.5 Å². The Morgan fingerprint density at radius 3 is 2.71 bits per heavy atom. The van der Waals surface area contributed by atoms with Crippen molar-refractivity contribution in [2.24, 2.45) is 5.16 Å². The molecule has 3 rings (SSSR count). The Kier molecular flexibility index (Phi) is 3.50. The van der Waals surface area contributed by atoms with E-state index in [2.05, 4.69) is 9.99 Å². The molecule has 0 aliphatic heterocycles. The van der Waals surface area contributed by atoms with Crippen molar-refractivity contribution in [2.45, 2.75) is 6.92 Å². The van der Waals surface area contributed by atoms with Crippen LogP contribution in [-0.2, 0) is 9.63 Å². The Balaban J connectivity index is 2.27. The highest BCUT2D eigenvalue weighted by Gasteiger charge is 2.08. The number of rotatable bonds is 2. The first-order valence-electron chi connectivity index (χ1n) is 6.32. The molecule has 0 bridgehead atoms. The van der Waals surface area contributed by atoms with Gasteiger partial charge in [-0.3, -0.25) is 4.79 Å². The highest BCUT2D eigenvalue weighted by molar-refractivity contribution is 7.24. The van der Waals surface area contributed by atoms with Crippen molar-refractivity contribution >= 4 is 43.7 Å². The third-order valence-corrected chi connectivity index (χ3v) is 4.15. The summed E-state index contributed by atoms with van der Waals surface area (Å²) in [6.45, 7) is 1.27. The van der Waals surface area contributed by atoms with Crippen molar-refractivity contribution in [2.75, 3.05) is 0 Å². The number of oxime groups is 1. The number of carbonyl (C=O) groups is 1. The molecule has 1 heterocycles. The van der Waals surface area contributed by atoms with Crippen molar-refractivity contribution < 1.29 is 9.63 Å². The number of fused-ring (bicyclic) bond motifs is 2. The normalized spacial score (nSPS) is 11.3. The molecule has 2 aromatic carbocycles. The smallest absolute Gasteiger partial charge is 0.319 e. The van der Waals surface area contributed by atoms with Gasteiger partial charge < -0.3 is 4.84 Å². The Morgan fingerprint density at radius 1 is 1.14 bits per heavy atom. The Morgan fingerprint density at radius 2 is 1.90 bits per heavy atom. The predicted molar refractivity (Wildman–Crippen MR) is 85.0 cm³/mol. The summed E-state index contributed by atoms with van der Waals surface area (Å²) >= 11 is 1.55. The second-order valence-electron chi connectivity index (χ2n) is 4.47. The summed E-state index contributed by atoms with van der Waals surface area (Å²) in [6, 6.07) is 13.0. The van der Waals surface area contributed by atoms with Crippen LogP contribution in [0.2, 0.25) is 0 Å². The van der Waals surface area contributed by atoms with Crippen molar-refractivity contribution in [1.82, 2.24) is 0 Å². The van der Waals surface area contributed by atoms with Crippen molar-refractivity contribution in [1.29, 1.82) is 0 Å². The van der Waals surface area contributed by atoms with Crippen molar-refractivity contribution in [3.05, 3.63) is 58.3 Å². The molecule has 3 aromatic rings. The fourth-order valence-corrected chi connectivity index (χ4v) is 3.25. The molecule has 0 amide bonds. The molecule has 0 saturated carbocycles. The molecular formula is C16H11NO3S. The van der Waals surface area contributed by atoms with E-state index in [0.717, 1.165) is 9.40 Å². The first-order valence-corrected chi connectivity index (χ1v) is 7.14. The molecule has 4 nitrogen and oxygen atoms in total. The van der Waals surface area contributed by atoms with Crippen LogP contribution < -0.4 is 5.43 Å². The van der Waals surface area contributed by atoms with E-state index >= 15 is 0 Å². The highest BCUT2D eigenvalue weighted by atomic mass is 32.1. The van der Waals surface area contributed by atoms with Gasteiger partial charge in [0.2, 0.25) is 0 Å². The fraction of sp³-hybridized carbons (Fsp3) is 0.0625. The maximum absolute atomic E-state index is 12.6. The minimum absolute atomic E-state index is 0.0378. The zero-order chi connectivity index (χ0) is 14.8. The van der Waals surface area contributed by atoms with Gasteiger partial charge in [-0.15, -0.1) is 11.3 Å². The van der Waals surface area contributed by atoms with Crippen LogP contribution >= 0.6 is 11.3 Å². The largest absolute Gasteiger partial charge is 0.331 e. The Bertz CT molecular complexity index is 928. The Hall–Kier alpha value is -2.53. The monoisotopic (exact) mass is 297 g/mol. The first kappa shape index (κ1) is 13.5. The minimum Gasteiger partial charge on any atom is -0.319 e. The molecule has 0 unspecified atom stereocenters. The molecule has 0 aliphatic carbocycles. The van der Waals surface area contributed by atoms with E-state index in [9.17, 15) is 9.59 Å². The van der Waals surface area contributed by atoms with Crippen LogP contribution in [0.4, 0.5) is 0 Å². The van der Waals surface area contributed by atoms with Crippen molar-refractivity contribution in [3.8, 4) is 0 Å². The van der Waals surface area contributed by atoms with Gasteiger partial charge in [-0.25, -0.2) is 4.79 Å².